The highest BCUT2D eigenvalue weighted by molar-refractivity contribution is 5.76. The zero-order valence-corrected chi connectivity index (χ0v) is 10.9. The molecule has 1 aliphatic heterocycles. The summed E-state index contributed by atoms with van der Waals surface area (Å²) < 4.78 is 0. The van der Waals surface area contributed by atoms with E-state index in [-0.39, 0.29) is 5.91 Å². The fraction of sp³-hybridized carbons (Fsp3) is 0.500. The number of carbonyl (C=O) groups is 1. The highest BCUT2D eigenvalue weighted by Gasteiger charge is 2.20. The number of hydrogen-bond acceptors (Lipinski definition) is 3. The summed E-state index contributed by atoms with van der Waals surface area (Å²) in [6.07, 6.45) is 0.463. The molecular formula is C14H21N3O. The van der Waals surface area contributed by atoms with E-state index in [2.05, 4.69) is 36.1 Å². The van der Waals surface area contributed by atoms with E-state index in [4.69, 9.17) is 5.73 Å². The van der Waals surface area contributed by atoms with Crippen LogP contribution in [0.4, 0.5) is 5.69 Å². The van der Waals surface area contributed by atoms with Crippen LogP contribution in [0.25, 0.3) is 0 Å². The van der Waals surface area contributed by atoms with Crippen molar-refractivity contribution in [2.45, 2.75) is 13.3 Å². The van der Waals surface area contributed by atoms with E-state index in [1.807, 2.05) is 4.90 Å². The Morgan fingerprint density at radius 1 is 1.28 bits per heavy atom. The number of piperazine rings is 1. The topological polar surface area (TPSA) is 49.6 Å². The molecule has 98 valence electrons. The van der Waals surface area contributed by atoms with Gasteiger partial charge in [0.15, 0.2) is 0 Å². The predicted octanol–water partition coefficient (Wildman–Crippen LogP) is 0.992. The Bertz CT molecular complexity index is 411. The summed E-state index contributed by atoms with van der Waals surface area (Å²) >= 11 is 0. The van der Waals surface area contributed by atoms with Gasteiger partial charge in [-0.3, -0.25) is 4.79 Å². The third-order valence-corrected chi connectivity index (χ3v) is 3.36. The molecule has 0 aromatic heterocycles. The Hall–Kier alpha value is -1.55. The molecule has 0 radical (unpaired) electrons. The number of amides is 1. The Morgan fingerprint density at radius 3 is 2.61 bits per heavy atom. The SMILES string of the molecule is Cc1cccc(N2CCN(C(=O)CCN)CC2)c1. The smallest absolute Gasteiger partial charge is 0.223 e. The minimum Gasteiger partial charge on any atom is -0.368 e. The van der Waals surface area contributed by atoms with Crippen molar-refractivity contribution in [3.8, 4) is 0 Å². The van der Waals surface area contributed by atoms with Crippen molar-refractivity contribution in [3.63, 3.8) is 0 Å². The van der Waals surface area contributed by atoms with Crippen LogP contribution < -0.4 is 10.6 Å². The molecule has 0 bridgehead atoms. The molecule has 0 unspecified atom stereocenters. The van der Waals surface area contributed by atoms with Gasteiger partial charge in [0.2, 0.25) is 5.91 Å². The van der Waals surface area contributed by atoms with Crippen LogP contribution in [-0.2, 0) is 4.79 Å². The molecule has 2 N–H and O–H groups in total. The van der Waals surface area contributed by atoms with Gasteiger partial charge in [-0.05, 0) is 24.6 Å². The van der Waals surface area contributed by atoms with Crippen LogP contribution in [0.5, 0.6) is 0 Å². The monoisotopic (exact) mass is 247 g/mol. The molecule has 0 spiro atoms. The van der Waals surface area contributed by atoms with Crippen molar-refractivity contribution in [1.29, 1.82) is 0 Å². The van der Waals surface area contributed by atoms with Gasteiger partial charge in [0.25, 0.3) is 0 Å². The van der Waals surface area contributed by atoms with E-state index in [1.54, 1.807) is 0 Å². The summed E-state index contributed by atoms with van der Waals surface area (Å²) in [4.78, 5) is 16.0. The van der Waals surface area contributed by atoms with Crippen molar-refractivity contribution >= 4 is 11.6 Å². The first-order chi connectivity index (χ1) is 8.70. The van der Waals surface area contributed by atoms with E-state index in [1.165, 1.54) is 11.3 Å². The fourth-order valence-electron chi connectivity index (χ4n) is 2.32. The van der Waals surface area contributed by atoms with Crippen molar-refractivity contribution < 1.29 is 4.79 Å². The van der Waals surface area contributed by atoms with E-state index in [0.717, 1.165) is 26.2 Å². The Balaban J connectivity index is 1.92. The van der Waals surface area contributed by atoms with Gasteiger partial charge in [-0.1, -0.05) is 12.1 Å². The Morgan fingerprint density at radius 2 is 2.00 bits per heavy atom. The van der Waals surface area contributed by atoms with Crippen LogP contribution in [0.3, 0.4) is 0 Å². The molecule has 0 aliphatic carbocycles. The van der Waals surface area contributed by atoms with Crippen LogP contribution in [0, 0.1) is 6.92 Å². The van der Waals surface area contributed by atoms with Crippen molar-refractivity contribution in [2.75, 3.05) is 37.6 Å². The largest absolute Gasteiger partial charge is 0.368 e. The number of anilines is 1. The molecule has 1 aliphatic rings. The van der Waals surface area contributed by atoms with E-state index < -0.39 is 0 Å². The molecule has 0 atom stereocenters. The highest BCUT2D eigenvalue weighted by Crippen LogP contribution is 2.17. The molecule has 1 saturated heterocycles. The van der Waals surface area contributed by atoms with Gasteiger partial charge >= 0.3 is 0 Å². The maximum Gasteiger partial charge on any atom is 0.223 e. The van der Waals surface area contributed by atoms with Gasteiger partial charge in [0, 0.05) is 44.8 Å². The lowest BCUT2D eigenvalue weighted by molar-refractivity contribution is -0.131. The molecule has 1 aromatic rings. The Labute approximate surface area is 108 Å². The van der Waals surface area contributed by atoms with E-state index in [0.29, 0.717) is 13.0 Å². The van der Waals surface area contributed by atoms with E-state index >= 15 is 0 Å². The van der Waals surface area contributed by atoms with Crippen LogP contribution in [0.15, 0.2) is 24.3 Å². The van der Waals surface area contributed by atoms with Gasteiger partial charge in [-0.25, -0.2) is 0 Å². The van der Waals surface area contributed by atoms with Gasteiger partial charge < -0.3 is 15.5 Å². The lowest BCUT2D eigenvalue weighted by atomic mass is 10.2. The molecule has 4 heteroatoms. The summed E-state index contributed by atoms with van der Waals surface area (Å²) in [5.41, 5.74) is 7.94. The molecule has 2 rings (SSSR count). The molecule has 4 nitrogen and oxygen atoms in total. The minimum atomic E-state index is 0.182. The summed E-state index contributed by atoms with van der Waals surface area (Å²) in [5, 5.41) is 0. The third kappa shape index (κ3) is 3.01. The molecule has 1 fully saturated rings. The fourth-order valence-corrected chi connectivity index (χ4v) is 2.32. The first-order valence-corrected chi connectivity index (χ1v) is 6.50. The predicted molar refractivity (Wildman–Crippen MR) is 73.6 cm³/mol. The zero-order valence-electron chi connectivity index (χ0n) is 10.9. The first kappa shape index (κ1) is 12.9. The summed E-state index contributed by atoms with van der Waals surface area (Å²) in [6.45, 7) is 5.94. The number of rotatable bonds is 3. The standard InChI is InChI=1S/C14H21N3O/c1-12-3-2-4-13(11-12)16-7-9-17(10-8-16)14(18)5-6-15/h2-4,11H,5-10,15H2,1H3. The number of nitrogens with two attached hydrogens (primary N) is 1. The van der Waals surface area contributed by atoms with Gasteiger partial charge in [0.05, 0.1) is 0 Å². The molecule has 18 heavy (non-hydrogen) atoms. The quantitative estimate of drug-likeness (QED) is 0.866. The molecule has 1 aromatic carbocycles. The second kappa shape index (κ2) is 5.87. The molecule has 0 saturated carbocycles. The maximum absolute atomic E-state index is 11.7. The number of hydrogen-bond donors (Lipinski definition) is 1. The van der Waals surface area contributed by atoms with Gasteiger partial charge in [-0.15, -0.1) is 0 Å². The number of carbonyl (C=O) groups excluding carboxylic acids is 1. The van der Waals surface area contributed by atoms with Crippen LogP contribution in [-0.4, -0.2) is 43.5 Å². The van der Waals surface area contributed by atoms with Crippen LogP contribution >= 0.6 is 0 Å². The number of benzene rings is 1. The minimum absolute atomic E-state index is 0.182. The van der Waals surface area contributed by atoms with E-state index in [9.17, 15) is 4.79 Å². The van der Waals surface area contributed by atoms with Crippen LogP contribution in [0.1, 0.15) is 12.0 Å². The molecular weight excluding hydrogens is 226 g/mol. The van der Waals surface area contributed by atoms with Gasteiger partial charge in [-0.2, -0.15) is 0 Å². The highest BCUT2D eigenvalue weighted by atomic mass is 16.2. The average molecular weight is 247 g/mol. The first-order valence-electron chi connectivity index (χ1n) is 6.50. The third-order valence-electron chi connectivity index (χ3n) is 3.36. The summed E-state index contributed by atoms with van der Waals surface area (Å²) in [6, 6.07) is 8.50. The number of aryl methyl sites for hydroxylation is 1. The van der Waals surface area contributed by atoms with Crippen LogP contribution in [0.2, 0.25) is 0 Å². The molecule has 1 amide bonds. The number of nitrogens with zero attached hydrogens (tertiary/aromatic N) is 2. The maximum atomic E-state index is 11.7. The Kier molecular flexibility index (Phi) is 4.20. The molecule has 1 heterocycles. The summed E-state index contributed by atoms with van der Waals surface area (Å²) in [7, 11) is 0. The average Bonchev–Trinajstić information content (AvgIpc) is 2.39. The zero-order chi connectivity index (χ0) is 13.0. The lowest BCUT2D eigenvalue weighted by Gasteiger charge is -2.36. The second-order valence-electron chi connectivity index (χ2n) is 4.75. The van der Waals surface area contributed by atoms with Crippen molar-refractivity contribution in [1.82, 2.24) is 4.90 Å². The van der Waals surface area contributed by atoms with Gasteiger partial charge in [0.1, 0.15) is 0 Å². The normalized spacial score (nSPS) is 15.9. The van der Waals surface area contributed by atoms with Crippen molar-refractivity contribution in [2.24, 2.45) is 5.73 Å². The van der Waals surface area contributed by atoms with Crippen molar-refractivity contribution in [3.05, 3.63) is 29.8 Å². The summed E-state index contributed by atoms with van der Waals surface area (Å²) in [5.74, 6) is 0.182. The lowest BCUT2D eigenvalue weighted by Crippen LogP contribution is -2.49. The second-order valence-corrected chi connectivity index (χ2v) is 4.75.